The van der Waals surface area contributed by atoms with Crippen LogP contribution in [0.2, 0.25) is 0 Å². The van der Waals surface area contributed by atoms with E-state index < -0.39 is 11.4 Å². The SMILES string of the molecule is CCNC(=O)c1ccccc1NC(=O)CC1(C(=O)O)CCCC1. The minimum absolute atomic E-state index is 0.0634. The van der Waals surface area contributed by atoms with E-state index in [2.05, 4.69) is 10.6 Å². The molecule has 6 heteroatoms. The molecule has 0 heterocycles. The monoisotopic (exact) mass is 318 g/mol. The minimum Gasteiger partial charge on any atom is -0.481 e. The summed E-state index contributed by atoms with van der Waals surface area (Å²) in [7, 11) is 0. The van der Waals surface area contributed by atoms with Gasteiger partial charge in [-0.15, -0.1) is 0 Å². The Kier molecular flexibility index (Phi) is 5.36. The Hall–Kier alpha value is -2.37. The van der Waals surface area contributed by atoms with Crippen LogP contribution in [-0.4, -0.2) is 29.4 Å². The second-order valence-electron chi connectivity index (χ2n) is 5.92. The number of benzene rings is 1. The number of carboxylic acid groups (broad SMARTS) is 1. The molecule has 0 spiro atoms. The lowest BCUT2D eigenvalue weighted by molar-refractivity contribution is -0.150. The Morgan fingerprint density at radius 3 is 2.43 bits per heavy atom. The summed E-state index contributed by atoms with van der Waals surface area (Å²) >= 11 is 0. The number of carbonyl (C=O) groups excluding carboxylic acids is 2. The van der Waals surface area contributed by atoms with Crippen LogP contribution in [0, 0.1) is 5.41 Å². The fourth-order valence-electron chi connectivity index (χ4n) is 3.07. The molecule has 0 saturated heterocycles. The Bertz CT molecular complexity index is 606. The topological polar surface area (TPSA) is 95.5 Å². The molecule has 0 atom stereocenters. The fourth-order valence-corrected chi connectivity index (χ4v) is 3.07. The molecule has 1 aromatic rings. The number of anilines is 1. The van der Waals surface area contributed by atoms with Crippen LogP contribution in [0.15, 0.2) is 24.3 Å². The standard InChI is InChI=1S/C17H22N2O4/c1-2-18-15(21)12-7-3-4-8-13(12)19-14(20)11-17(16(22)23)9-5-6-10-17/h3-4,7-8H,2,5-6,9-11H2,1H3,(H,18,21)(H,19,20)(H,22,23). The van der Waals surface area contributed by atoms with Crippen LogP contribution in [0.25, 0.3) is 0 Å². The van der Waals surface area contributed by atoms with E-state index >= 15 is 0 Å². The van der Waals surface area contributed by atoms with Crippen molar-refractivity contribution in [3.8, 4) is 0 Å². The molecule has 1 fully saturated rings. The van der Waals surface area contributed by atoms with E-state index in [9.17, 15) is 19.5 Å². The molecule has 3 N–H and O–H groups in total. The van der Waals surface area contributed by atoms with Crippen molar-refractivity contribution in [2.75, 3.05) is 11.9 Å². The van der Waals surface area contributed by atoms with Gasteiger partial charge in [-0.3, -0.25) is 14.4 Å². The van der Waals surface area contributed by atoms with Crippen LogP contribution in [0.4, 0.5) is 5.69 Å². The second kappa shape index (κ2) is 7.26. The van der Waals surface area contributed by atoms with Crippen molar-refractivity contribution < 1.29 is 19.5 Å². The van der Waals surface area contributed by atoms with Gasteiger partial charge in [-0.05, 0) is 31.9 Å². The van der Waals surface area contributed by atoms with Crippen LogP contribution in [0.1, 0.15) is 49.4 Å². The molecule has 0 aromatic heterocycles. The average molecular weight is 318 g/mol. The Morgan fingerprint density at radius 2 is 1.83 bits per heavy atom. The van der Waals surface area contributed by atoms with Crippen LogP contribution < -0.4 is 10.6 Å². The van der Waals surface area contributed by atoms with E-state index in [-0.39, 0.29) is 18.2 Å². The molecular formula is C17H22N2O4. The minimum atomic E-state index is -0.968. The van der Waals surface area contributed by atoms with Gasteiger partial charge in [0.25, 0.3) is 5.91 Å². The highest BCUT2D eigenvalue weighted by atomic mass is 16.4. The predicted molar refractivity (Wildman–Crippen MR) is 86.2 cm³/mol. The van der Waals surface area contributed by atoms with E-state index in [0.717, 1.165) is 12.8 Å². The highest BCUT2D eigenvalue weighted by molar-refractivity contribution is 6.04. The van der Waals surface area contributed by atoms with E-state index in [1.54, 1.807) is 24.3 Å². The second-order valence-corrected chi connectivity index (χ2v) is 5.92. The molecule has 6 nitrogen and oxygen atoms in total. The van der Waals surface area contributed by atoms with Gasteiger partial charge in [0.2, 0.25) is 5.91 Å². The van der Waals surface area contributed by atoms with Gasteiger partial charge < -0.3 is 15.7 Å². The maximum atomic E-state index is 12.3. The summed E-state index contributed by atoms with van der Waals surface area (Å²) in [5.74, 6) is -1.55. The van der Waals surface area contributed by atoms with Crippen molar-refractivity contribution in [1.82, 2.24) is 5.32 Å². The number of para-hydroxylation sites is 1. The zero-order chi connectivity index (χ0) is 16.9. The maximum absolute atomic E-state index is 12.3. The van der Waals surface area contributed by atoms with Gasteiger partial charge in [-0.2, -0.15) is 0 Å². The van der Waals surface area contributed by atoms with Crippen molar-refractivity contribution in [3.63, 3.8) is 0 Å². The number of amides is 2. The number of carbonyl (C=O) groups is 3. The first kappa shape index (κ1) is 17.0. The molecule has 23 heavy (non-hydrogen) atoms. The van der Waals surface area contributed by atoms with Crippen molar-refractivity contribution >= 4 is 23.5 Å². The largest absolute Gasteiger partial charge is 0.481 e. The van der Waals surface area contributed by atoms with Crippen molar-refractivity contribution in [3.05, 3.63) is 29.8 Å². The smallest absolute Gasteiger partial charge is 0.310 e. The molecule has 1 saturated carbocycles. The highest BCUT2D eigenvalue weighted by Gasteiger charge is 2.43. The Balaban J connectivity index is 2.11. The van der Waals surface area contributed by atoms with Gasteiger partial charge in [0, 0.05) is 13.0 Å². The molecule has 124 valence electrons. The number of rotatable bonds is 6. The Morgan fingerprint density at radius 1 is 1.17 bits per heavy atom. The summed E-state index contributed by atoms with van der Waals surface area (Å²) in [6, 6.07) is 6.71. The Labute approximate surface area is 135 Å². The first-order chi connectivity index (χ1) is 11.0. The van der Waals surface area contributed by atoms with Gasteiger partial charge in [-0.25, -0.2) is 0 Å². The third-order valence-electron chi connectivity index (χ3n) is 4.30. The van der Waals surface area contributed by atoms with E-state index in [1.165, 1.54) is 0 Å². The van der Waals surface area contributed by atoms with E-state index in [4.69, 9.17) is 0 Å². The van der Waals surface area contributed by atoms with Crippen LogP contribution in [0.5, 0.6) is 0 Å². The molecule has 1 aromatic carbocycles. The molecule has 0 radical (unpaired) electrons. The number of carboxylic acids is 1. The van der Waals surface area contributed by atoms with E-state index in [0.29, 0.717) is 30.6 Å². The normalized spacial score (nSPS) is 15.9. The van der Waals surface area contributed by atoms with Crippen LogP contribution >= 0.6 is 0 Å². The van der Waals surface area contributed by atoms with E-state index in [1.807, 2.05) is 6.92 Å². The molecule has 1 aliphatic carbocycles. The lowest BCUT2D eigenvalue weighted by Crippen LogP contribution is -2.33. The van der Waals surface area contributed by atoms with Crippen molar-refractivity contribution in [1.29, 1.82) is 0 Å². The molecule has 0 bridgehead atoms. The average Bonchev–Trinajstić information content (AvgIpc) is 2.97. The zero-order valence-electron chi connectivity index (χ0n) is 13.2. The van der Waals surface area contributed by atoms with Gasteiger partial charge in [0.05, 0.1) is 16.7 Å². The summed E-state index contributed by atoms with van der Waals surface area (Å²) in [6.45, 7) is 2.30. The van der Waals surface area contributed by atoms with Crippen molar-refractivity contribution in [2.24, 2.45) is 5.41 Å². The first-order valence-corrected chi connectivity index (χ1v) is 7.89. The van der Waals surface area contributed by atoms with Gasteiger partial charge >= 0.3 is 5.97 Å². The molecule has 0 unspecified atom stereocenters. The predicted octanol–water partition coefficient (Wildman–Crippen LogP) is 2.41. The van der Waals surface area contributed by atoms with Crippen LogP contribution in [-0.2, 0) is 9.59 Å². The van der Waals surface area contributed by atoms with Crippen molar-refractivity contribution in [2.45, 2.75) is 39.0 Å². The summed E-state index contributed by atoms with van der Waals surface area (Å²) in [6.07, 6.45) is 2.64. The number of hydrogen-bond acceptors (Lipinski definition) is 3. The maximum Gasteiger partial charge on any atom is 0.310 e. The summed E-state index contributed by atoms with van der Waals surface area (Å²) < 4.78 is 0. The van der Waals surface area contributed by atoms with Crippen LogP contribution in [0.3, 0.4) is 0 Å². The summed E-state index contributed by atoms with van der Waals surface area (Å²) in [5.41, 5.74) is -0.189. The van der Waals surface area contributed by atoms with Gasteiger partial charge in [0.1, 0.15) is 0 Å². The lowest BCUT2D eigenvalue weighted by Gasteiger charge is -2.23. The number of aliphatic carboxylic acids is 1. The molecule has 2 amide bonds. The lowest BCUT2D eigenvalue weighted by atomic mass is 9.82. The molecular weight excluding hydrogens is 296 g/mol. The number of nitrogens with one attached hydrogen (secondary N) is 2. The first-order valence-electron chi connectivity index (χ1n) is 7.89. The third-order valence-corrected chi connectivity index (χ3v) is 4.30. The highest BCUT2D eigenvalue weighted by Crippen LogP contribution is 2.41. The summed E-state index contributed by atoms with van der Waals surface area (Å²) in [5, 5.41) is 14.8. The quantitative estimate of drug-likeness (QED) is 0.750. The third kappa shape index (κ3) is 3.88. The fraction of sp³-hybridized carbons (Fsp3) is 0.471. The van der Waals surface area contributed by atoms with Gasteiger partial charge in [-0.1, -0.05) is 25.0 Å². The zero-order valence-corrected chi connectivity index (χ0v) is 13.2. The number of hydrogen-bond donors (Lipinski definition) is 3. The molecule has 1 aliphatic rings. The molecule has 0 aliphatic heterocycles. The molecule has 2 rings (SSSR count). The van der Waals surface area contributed by atoms with Gasteiger partial charge in [0.15, 0.2) is 0 Å². The summed E-state index contributed by atoms with van der Waals surface area (Å²) in [4.78, 5) is 35.8.